The van der Waals surface area contributed by atoms with Crippen molar-refractivity contribution in [2.24, 2.45) is 5.41 Å². The molecule has 0 amide bonds. The molecular weight excluding hydrogens is 170 g/mol. The minimum atomic E-state index is 0.221. The van der Waals surface area contributed by atoms with Crippen molar-refractivity contribution in [3.05, 3.63) is 35.4 Å². The van der Waals surface area contributed by atoms with E-state index in [0.29, 0.717) is 5.41 Å². The Balaban J connectivity index is 2.40. The Morgan fingerprint density at radius 1 is 1.29 bits per heavy atom. The van der Waals surface area contributed by atoms with Crippen molar-refractivity contribution in [3.8, 4) is 0 Å². The summed E-state index contributed by atoms with van der Waals surface area (Å²) in [5, 5.41) is 3.49. The number of benzene rings is 1. The van der Waals surface area contributed by atoms with E-state index in [-0.39, 0.29) is 5.54 Å². The van der Waals surface area contributed by atoms with Gasteiger partial charge in [0.15, 0.2) is 0 Å². The van der Waals surface area contributed by atoms with E-state index in [9.17, 15) is 0 Å². The van der Waals surface area contributed by atoms with Crippen molar-refractivity contribution in [1.29, 1.82) is 0 Å². The maximum Gasteiger partial charge on any atom is 0.0490 e. The van der Waals surface area contributed by atoms with E-state index >= 15 is 0 Å². The van der Waals surface area contributed by atoms with Gasteiger partial charge in [0.25, 0.3) is 0 Å². The van der Waals surface area contributed by atoms with Gasteiger partial charge in [-0.15, -0.1) is 0 Å². The Morgan fingerprint density at radius 3 is 2.36 bits per heavy atom. The molecule has 76 valence electrons. The van der Waals surface area contributed by atoms with Gasteiger partial charge in [-0.3, -0.25) is 0 Å². The largest absolute Gasteiger partial charge is 0.310 e. The molecule has 1 aromatic rings. The molecule has 0 spiro atoms. The first-order valence-electron chi connectivity index (χ1n) is 5.28. The zero-order valence-electron chi connectivity index (χ0n) is 9.52. The van der Waals surface area contributed by atoms with Gasteiger partial charge in [-0.25, -0.2) is 0 Å². The highest BCUT2D eigenvalue weighted by molar-refractivity contribution is 5.37. The highest BCUT2D eigenvalue weighted by atomic mass is 15.0. The van der Waals surface area contributed by atoms with Gasteiger partial charge >= 0.3 is 0 Å². The van der Waals surface area contributed by atoms with E-state index in [1.54, 1.807) is 0 Å². The van der Waals surface area contributed by atoms with Gasteiger partial charge in [-0.1, -0.05) is 43.7 Å². The van der Waals surface area contributed by atoms with Gasteiger partial charge in [0.2, 0.25) is 0 Å². The Hall–Kier alpha value is -0.820. The second-order valence-electron chi connectivity index (χ2n) is 5.09. The summed E-state index contributed by atoms with van der Waals surface area (Å²) in [5.74, 6) is 0. The molecule has 1 atom stereocenters. The van der Waals surface area contributed by atoms with Gasteiger partial charge in [0.05, 0.1) is 0 Å². The standard InChI is InChI=1S/C13H19N/c1-10-6-5-7-11(8-10)13(14-4)9-12(13,2)3/h5-8,14H,9H2,1-4H3. The average Bonchev–Trinajstić information content (AvgIpc) is 2.70. The lowest BCUT2D eigenvalue weighted by Gasteiger charge is -2.20. The molecule has 1 fully saturated rings. The smallest absolute Gasteiger partial charge is 0.0490 e. The third-order valence-corrected chi connectivity index (χ3v) is 3.68. The first-order chi connectivity index (χ1) is 6.52. The van der Waals surface area contributed by atoms with Crippen LogP contribution in [0.2, 0.25) is 0 Å². The van der Waals surface area contributed by atoms with Crippen LogP contribution in [0.1, 0.15) is 31.4 Å². The lowest BCUT2D eigenvalue weighted by Crippen LogP contribution is -2.29. The van der Waals surface area contributed by atoms with Crippen LogP contribution in [0.15, 0.2) is 24.3 Å². The highest BCUT2D eigenvalue weighted by Crippen LogP contribution is 2.61. The fraction of sp³-hybridized carbons (Fsp3) is 0.538. The third-order valence-electron chi connectivity index (χ3n) is 3.68. The van der Waals surface area contributed by atoms with E-state index in [4.69, 9.17) is 0 Å². The number of nitrogens with one attached hydrogen (secondary N) is 1. The Labute approximate surface area is 86.5 Å². The molecule has 0 aliphatic heterocycles. The fourth-order valence-corrected chi connectivity index (χ4v) is 2.59. The highest BCUT2D eigenvalue weighted by Gasteiger charge is 2.61. The van der Waals surface area contributed by atoms with E-state index in [1.807, 2.05) is 0 Å². The fourth-order valence-electron chi connectivity index (χ4n) is 2.59. The molecule has 1 aromatic carbocycles. The van der Waals surface area contributed by atoms with Gasteiger partial charge < -0.3 is 5.32 Å². The Kier molecular flexibility index (Phi) is 1.97. The topological polar surface area (TPSA) is 12.0 Å². The van der Waals surface area contributed by atoms with Crippen LogP contribution in [0.3, 0.4) is 0 Å². The summed E-state index contributed by atoms with van der Waals surface area (Å²) in [5.41, 5.74) is 3.40. The quantitative estimate of drug-likeness (QED) is 0.754. The van der Waals surface area contributed by atoms with Crippen LogP contribution in [0.5, 0.6) is 0 Å². The number of hydrogen-bond acceptors (Lipinski definition) is 1. The SMILES string of the molecule is CNC1(c2cccc(C)c2)CC1(C)C. The zero-order chi connectivity index (χ0) is 10.4. The number of hydrogen-bond donors (Lipinski definition) is 1. The van der Waals surface area contributed by atoms with Crippen LogP contribution in [-0.2, 0) is 5.54 Å². The molecule has 2 rings (SSSR count). The summed E-state index contributed by atoms with van der Waals surface area (Å²) < 4.78 is 0. The molecule has 1 saturated carbocycles. The first-order valence-corrected chi connectivity index (χ1v) is 5.28. The van der Waals surface area contributed by atoms with E-state index in [0.717, 1.165) is 0 Å². The summed E-state index contributed by atoms with van der Waals surface area (Å²) in [6.07, 6.45) is 1.24. The molecule has 1 unspecified atom stereocenters. The minimum Gasteiger partial charge on any atom is -0.310 e. The second-order valence-corrected chi connectivity index (χ2v) is 5.09. The average molecular weight is 189 g/mol. The summed E-state index contributed by atoms with van der Waals surface area (Å²) in [6.45, 7) is 6.81. The summed E-state index contributed by atoms with van der Waals surface area (Å²) in [6, 6.07) is 8.84. The summed E-state index contributed by atoms with van der Waals surface area (Å²) in [4.78, 5) is 0. The Bertz CT molecular complexity index is 354. The first kappa shape index (κ1) is 9.72. The van der Waals surface area contributed by atoms with E-state index in [2.05, 4.69) is 57.4 Å². The lowest BCUT2D eigenvalue weighted by molar-refractivity contribution is 0.441. The van der Waals surface area contributed by atoms with Crippen molar-refractivity contribution in [2.75, 3.05) is 7.05 Å². The normalized spacial score (nSPS) is 28.9. The zero-order valence-corrected chi connectivity index (χ0v) is 9.52. The molecule has 14 heavy (non-hydrogen) atoms. The molecule has 1 aliphatic carbocycles. The predicted octanol–water partition coefficient (Wildman–Crippen LogP) is 2.84. The predicted molar refractivity (Wildman–Crippen MR) is 60.3 cm³/mol. The number of aryl methyl sites for hydroxylation is 1. The molecule has 0 heterocycles. The second kappa shape index (κ2) is 2.83. The molecule has 0 radical (unpaired) electrons. The molecule has 1 aliphatic rings. The molecule has 0 saturated heterocycles. The summed E-state index contributed by atoms with van der Waals surface area (Å²) in [7, 11) is 2.07. The van der Waals surface area contributed by atoms with Crippen LogP contribution < -0.4 is 5.32 Å². The molecule has 1 heteroatoms. The third kappa shape index (κ3) is 1.19. The van der Waals surface area contributed by atoms with Crippen molar-refractivity contribution < 1.29 is 0 Å². The van der Waals surface area contributed by atoms with Gasteiger partial charge in [0, 0.05) is 5.54 Å². The van der Waals surface area contributed by atoms with Crippen molar-refractivity contribution >= 4 is 0 Å². The molecule has 0 bridgehead atoms. The maximum atomic E-state index is 3.49. The van der Waals surface area contributed by atoms with Gasteiger partial charge in [-0.05, 0) is 31.4 Å². The Morgan fingerprint density at radius 2 is 1.93 bits per heavy atom. The van der Waals surface area contributed by atoms with Gasteiger partial charge in [0.1, 0.15) is 0 Å². The van der Waals surface area contributed by atoms with Crippen molar-refractivity contribution in [1.82, 2.24) is 5.32 Å². The van der Waals surface area contributed by atoms with Gasteiger partial charge in [-0.2, -0.15) is 0 Å². The van der Waals surface area contributed by atoms with E-state index in [1.165, 1.54) is 17.5 Å². The number of rotatable bonds is 2. The molecule has 0 aromatic heterocycles. The molecule has 1 nitrogen and oxygen atoms in total. The van der Waals surface area contributed by atoms with Crippen LogP contribution in [-0.4, -0.2) is 7.05 Å². The van der Waals surface area contributed by atoms with Crippen LogP contribution in [0.4, 0.5) is 0 Å². The monoisotopic (exact) mass is 189 g/mol. The van der Waals surface area contributed by atoms with Crippen LogP contribution in [0, 0.1) is 12.3 Å². The van der Waals surface area contributed by atoms with E-state index < -0.39 is 0 Å². The molecular formula is C13H19N. The van der Waals surface area contributed by atoms with Crippen molar-refractivity contribution in [3.63, 3.8) is 0 Å². The van der Waals surface area contributed by atoms with Crippen LogP contribution in [0.25, 0.3) is 0 Å². The summed E-state index contributed by atoms with van der Waals surface area (Å²) >= 11 is 0. The van der Waals surface area contributed by atoms with Crippen molar-refractivity contribution in [2.45, 2.75) is 32.7 Å². The van der Waals surface area contributed by atoms with Crippen LogP contribution >= 0.6 is 0 Å². The minimum absolute atomic E-state index is 0.221. The molecule has 1 N–H and O–H groups in total. The maximum absolute atomic E-state index is 3.49. The lowest BCUT2D eigenvalue weighted by atomic mass is 9.95.